The Morgan fingerprint density at radius 2 is 2.16 bits per heavy atom. The fraction of sp³-hybridized carbons (Fsp3) is 0.182. The van der Waals surface area contributed by atoms with Gasteiger partial charge in [0, 0.05) is 12.6 Å². The molecule has 0 aliphatic carbocycles. The van der Waals surface area contributed by atoms with Crippen molar-refractivity contribution >= 4 is 11.5 Å². The molecule has 0 unspecified atom stereocenters. The Balaban J connectivity index is 2.65. The first-order valence-electron chi connectivity index (χ1n) is 5.25. The molecule has 0 aliphatic heterocycles. The Morgan fingerprint density at radius 1 is 1.42 bits per heavy atom. The third-order valence-electron chi connectivity index (χ3n) is 2.25. The van der Waals surface area contributed by atoms with Crippen molar-refractivity contribution in [3.63, 3.8) is 0 Å². The largest absolute Gasteiger partial charge is 0.433 e. The molecule has 0 atom stereocenters. The maximum absolute atomic E-state index is 12.8. The number of anilines is 1. The van der Waals surface area contributed by atoms with Crippen LogP contribution in [0.1, 0.15) is 5.69 Å². The summed E-state index contributed by atoms with van der Waals surface area (Å²) in [6, 6.07) is 3.14. The van der Waals surface area contributed by atoms with Gasteiger partial charge in [0.1, 0.15) is 5.82 Å². The van der Waals surface area contributed by atoms with E-state index in [9.17, 15) is 18.0 Å². The fourth-order valence-corrected chi connectivity index (χ4v) is 1.47. The van der Waals surface area contributed by atoms with Crippen LogP contribution in [0.15, 0.2) is 35.6 Å². The first-order valence-corrected chi connectivity index (χ1v) is 5.25. The summed E-state index contributed by atoms with van der Waals surface area (Å²) in [4.78, 5) is 14.6. The predicted octanol–water partition coefficient (Wildman–Crippen LogP) is 1.71. The summed E-state index contributed by atoms with van der Waals surface area (Å²) in [5.74, 6) is 0.225. The van der Waals surface area contributed by atoms with Crippen molar-refractivity contribution < 1.29 is 13.2 Å². The second-order valence-corrected chi connectivity index (χ2v) is 3.64. The quantitative estimate of drug-likeness (QED) is 0.862. The zero-order valence-electron chi connectivity index (χ0n) is 9.61. The highest BCUT2D eigenvalue weighted by atomic mass is 19.4. The second kappa shape index (κ2) is 4.71. The third kappa shape index (κ3) is 2.72. The van der Waals surface area contributed by atoms with Crippen LogP contribution in [0.5, 0.6) is 0 Å². The van der Waals surface area contributed by atoms with Crippen molar-refractivity contribution in [2.75, 3.05) is 11.9 Å². The molecule has 0 bridgehead atoms. The Morgan fingerprint density at radius 3 is 2.79 bits per heavy atom. The van der Waals surface area contributed by atoms with Crippen molar-refractivity contribution in [3.05, 3.63) is 46.9 Å². The molecule has 0 saturated carbocycles. The first kappa shape index (κ1) is 13.1. The van der Waals surface area contributed by atoms with Crippen LogP contribution in [0.3, 0.4) is 0 Å². The minimum absolute atomic E-state index is 0.163. The molecule has 0 aliphatic rings. The second-order valence-electron chi connectivity index (χ2n) is 3.64. The zero-order chi connectivity index (χ0) is 14.0. The molecule has 5 nitrogen and oxygen atoms in total. The summed E-state index contributed by atoms with van der Waals surface area (Å²) in [7, 11) is 0. The van der Waals surface area contributed by atoms with E-state index >= 15 is 0 Å². The molecule has 2 rings (SSSR count). The molecule has 0 fully saturated rings. The number of aromatic nitrogens is 3. The van der Waals surface area contributed by atoms with E-state index < -0.39 is 17.4 Å². The normalized spacial score (nSPS) is 11.5. The third-order valence-corrected chi connectivity index (χ3v) is 2.25. The smallest absolute Gasteiger partial charge is 0.365 e. The fourth-order valence-electron chi connectivity index (χ4n) is 1.47. The van der Waals surface area contributed by atoms with Crippen molar-refractivity contribution in [2.45, 2.75) is 6.18 Å². The minimum atomic E-state index is -4.69. The van der Waals surface area contributed by atoms with Crippen LogP contribution in [0, 0.1) is 0 Å². The van der Waals surface area contributed by atoms with E-state index in [0.29, 0.717) is 17.1 Å². The molecule has 0 saturated heterocycles. The molecule has 1 N–H and O–H groups in total. The molecule has 2 aromatic heterocycles. The number of alkyl halides is 3. The molecular weight excluding hydrogens is 261 g/mol. The van der Waals surface area contributed by atoms with Crippen LogP contribution in [-0.2, 0) is 6.18 Å². The van der Waals surface area contributed by atoms with E-state index in [4.69, 9.17) is 0 Å². The lowest BCUT2D eigenvalue weighted by molar-refractivity contribution is -0.142. The monoisotopic (exact) mass is 270 g/mol. The SMILES string of the molecule is C=CCNc1ccc2nc(=O)cc(C(F)(F)F)n2n1. The van der Waals surface area contributed by atoms with E-state index in [2.05, 4.69) is 22.0 Å². The van der Waals surface area contributed by atoms with Gasteiger partial charge in [-0.25, -0.2) is 4.52 Å². The zero-order valence-corrected chi connectivity index (χ0v) is 9.61. The Kier molecular flexibility index (Phi) is 3.24. The van der Waals surface area contributed by atoms with Gasteiger partial charge in [0.2, 0.25) is 0 Å². The van der Waals surface area contributed by atoms with Crippen LogP contribution in [0.4, 0.5) is 19.0 Å². The predicted molar refractivity (Wildman–Crippen MR) is 62.9 cm³/mol. The Labute approximate surface area is 105 Å². The molecule has 19 heavy (non-hydrogen) atoms. The first-order chi connectivity index (χ1) is 8.91. The Bertz CT molecular complexity index is 678. The molecule has 0 amide bonds. The number of nitrogens with zero attached hydrogens (tertiary/aromatic N) is 3. The highest BCUT2D eigenvalue weighted by Crippen LogP contribution is 2.28. The average molecular weight is 270 g/mol. The standard InChI is InChI=1S/C11H9F3N4O/c1-2-5-15-8-3-4-9-16-10(19)6-7(11(12,13)14)18(9)17-8/h2-4,6H,1,5H2,(H,15,17). The van der Waals surface area contributed by atoms with E-state index in [1.165, 1.54) is 12.1 Å². The summed E-state index contributed by atoms with van der Waals surface area (Å²) in [5, 5.41) is 6.51. The Hall–Kier alpha value is -2.38. The lowest BCUT2D eigenvalue weighted by atomic mass is 10.3. The number of hydrogen-bond donors (Lipinski definition) is 1. The van der Waals surface area contributed by atoms with Crippen LogP contribution in [0.2, 0.25) is 0 Å². The lowest BCUT2D eigenvalue weighted by Crippen LogP contribution is -2.21. The maximum Gasteiger partial charge on any atom is 0.433 e. The topological polar surface area (TPSA) is 59.3 Å². The van der Waals surface area contributed by atoms with Gasteiger partial charge in [-0.3, -0.25) is 4.79 Å². The van der Waals surface area contributed by atoms with Gasteiger partial charge < -0.3 is 5.32 Å². The summed E-state index contributed by atoms with van der Waals surface area (Å²) in [6.07, 6.45) is -3.14. The molecule has 2 aromatic rings. The molecule has 0 aromatic carbocycles. The number of nitrogens with one attached hydrogen (secondary N) is 1. The number of fused-ring (bicyclic) bond motifs is 1. The van der Waals surface area contributed by atoms with E-state index in [1.54, 1.807) is 6.08 Å². The molecular formula is C11H9F3N4O. The van der Waals surface area contributed by atoms with Gasteiger partial charge in [0.25, 0.3) is 5.56 Å². The van der Waals surface area contributed by atoms with Crippen molar-refractivity contribution in [2.24, 2.45) is 0 Å². The van der Waals surface area contributed by atoms with Crippen molar-refractivity contribution in [1.29, 1.82) is 0 Å². The van der Waals surface area contributed by atoms with Crippen molar-refractivity contribution in [1.82, 2.24) is 14.6 Å². The van der Waals surface area contributed by atoms with Crippen molar-refractivity contribution in [3.8, 4) is 0 Å². The number of hydrogen-bond acceptors (Lipinski definition) is 4. The summed E-state index contributed by atoms with van der Waals surface area (Å²) < 4.78 is 39.0. The average Bonchev–Trinajstić information content (AvgIpc) is 2.34. The van der Waals surface area contributed by atoms with Gasteiger partial charge in [-0.1, -0.05) is 6.08 Å². The van der Waals surface area contributed by atoms with Crippen LogP contribution >= 0.6 is 0 Å². The van der Waals surface area contributed by atoms with Gasteiger partial charge in [-0.2, -0.15) is 18.2 Å². The number of halogens is 3. The van der Waals surface area contributed by atoms with Crippen LogP contribution < -0.4 is 10.9 Å². The molecule has 2 heterocycles. The minimum Gasteiger partial charge on any atom is -0.365 e. The highest BCUT2D eigenvalue weighted by molar-refractivity contribution is 5.45. The van der Waals surface area contributed by atoms with Crippen LogP contribution in [-0.4, -0.2) is 21.1 Å². The van der Waals surface area contributed by atoms with Gasteiger partial charge in [-0.15, -0.1) is 11.7 Å². The summed E-state index contributed by atoms with van der Waals surface area (Å²) in [5.41, 5.74) is -2.28. The lowest BCUT2D eigenvalue weighted by Gasteiger charge is -2.11. The van der Waals surface area contributed by atoms with E-state index in [0.717, 1.165) is 0 Å². The van der Waals surface area contributed by atoms with Gasteiger partial charge in [0.05, 0.1) is 0 Å². The molecule has 100 valence electrons. The molecule has 0 radical (unpaired) electrons. The maximum atomic E-state index is 12.8. The number of rotatable bonds is 3. The van der Waals surface area contributed by atoms with E-state index in [-0.39, 0.29) is 11.5 Å². The molecule has 0 spiro atoms. The van der Waals surface area contributed by atoms with Crippen LogP contribution in [0.25, 0.3) is 5.65 Å². The van der Waals surface area contributed by atoms with E-state index in [1.807, 2.05) is 0 Å². The molecule has 8 heteroatoms. The summed E-state index contributed by atoms with van der Waals surface area (Å²) >= 11 is 0. The summed E-state index contributed by atoms with van der Waals surface area (Å²) in [6.45, 7) is 3.83. The van der Waals surface area contributed by atoms with Gasteiger partial charge >= 0.3 is 6.18 Å². The highest BCUT2D eigenvalue weighted by Gasteiger charge is 2.34. The van der Waals surface area contributed by atoms with Gasteiger partial charge in [0.15, 0.2) is 11.3 Å². The van der Waals surface area contributed by atoms with Gasteiger partial charge in [-0.05, 0) is 12.1 Å².